The zero-order valence-corrected chi connectivity index (χ0v) is 33.1. The summed E-state index contributed by atoms with van der Waals surface area (Å²) in [5, 5.41) is 16.7. The second kappa shape index (κ2) is 15.0. The molecule has 2 aromatic heterocycles. The van der Waals surface area contributed by atoms with Crippen LogP contribution in [0.15, 0.2) is 54.7 Å². The van der Waals surface area contributed by atoms with E-state index in [2.05, 4.69) is 60.3 Å². The van der Waals surface area contributed by atoms with Crippen molar-refractivity contribution in [2.75, 3.05) is 33.9 Å². The highest BCUT2D eigenvalue weighted by Gasteiger charge is 2.58. The number of carbonyl (C=O) groups is 3. The number of hydrogen-bond acceptors (Lipinski definition) is 9. The van der Waals surface area contributed by atoms with E-state index in [1.165, 1.54) is 5.01 Å². The van der Waals surface area contributed by atoms with E-state index in [4.69, 9.17) is 14.5 Å². The van der Waals surface area contributed by atoms with Gasteiger partial charge in [0.1, 0.15) is 23.4 Å². The fraction of sp³-hybridized carbons (Fsp3) is 0.488. The van der Waals surface area contributed by atoms with Gasteiger partial charge in [-0.05, 0) is 97.8 Å². The molecule has 5 heterocycles. The average molecular weight is 751 g/mol. The Morgan fingerprint density at radius 3 is 2.64 bits per heavy atom. The number of methoxy groups -OCH3 is 1. The monoisotopic (exact) mass is 750 g/mol. The number of aryl methyl sites for hydroxylation is 1. The van der Waals surface area contributed by atoms with Crippen LogP contribution in [-0.4, -0.2) is 93.8 Å². The van der Waals surface area contributed by atoms with Crippen LogP contribution in [0.2, 0.25) is 0 Å². The number of cyclic esters (lactones) is 1. The summed E-state index contributed by atoms with van der Waals surface area (Å²) in [7, 11) is 3.58. The third-order valence-corrected chi connectivity index (χ3v) is 11.7. The number of nitrogens with one attached hydrogen (secondary N) is 2. The molecule has 55 heavy (non-hydrogen) atoms. The lowest BCUT2D eigenvalue weighted by atomic mass is 9.84. The van der Waals surface area contributed by atoms with E-state index in [-0.39, 0.29) is 36.5 Å². The molecule has 3 N–H and O–H groups in total. The van der Waals surface area contributed by atoms with Crippen LogP contribution in [0, 0.1) is 11.3 Å². The zero-order chi connectivity index (χ0) is 39.2. The maximum Gasteiger partial charge on any atom is 0.324 e. The van der Waals surface area contributed by atoms with Gasteiger partial charge >= 0.3 is 5.97 Å². The van der Waals surface area contributed by atoms with Gasteiger partial charge in [-0.1, -0.05) is 39.8 Å². The summed E-state index contributed by atoms with van der Waals surface area (Å²) in [5.41, 5.74) is 9.35. The number of esters is 1. The van der Waals surface area contributed by atoms with E-state index < -0.39 is 29.0 Å². The van der Waals surface area contributed by atoms with Gasteiger partial charge < -0.3 is 24.5 Å². The number of pyridine rings is 1. The molecule has 7 rings (SSSR count). The van der Waals surface area contributed by atoms with Gasteiger partial charge in [-0.3, -0.25) is 29.3 Å². The van der Waals surface area contributed by atoms with Crippen molar-refractivity contribution in [3.63, 3.8) is 0 Å². The van der Waals surface area contributed by atoms with Crippen LogP contribution in [0.4, 0.5) is 0 Å². The van der Waals surface area contributed by atoms with Crippen molar-refractivity contribution in [1.29, 1.82) is 0 Å². The molecule has 3 aliphatic rings. The number of benzene rings is 2. The summed E-state index contributed by atoms with van der Waals surface area (Å²) in [6.45, 7) is 12.5. The Hall–Kier alpha value is -4.78. The fourth-order valence-corrected chi connectivity index (χ4v) is 8.66. The van der Waals surface area contributed by atoms with Gasteiger partial charge in [0.05, 0.1) is 24.6 Å². The smallest absolute Gasteiger partial charge is 0.324 e. The van der Waals surface area contributed by atoms with E-state index in [1.807, 2.05) is 37.9 Å². The van der Waals surface area contributed by atoms with Crippen LogP contribution >= 0.6 is 0 Å². The lowest BCUT2D eigenvalue weighted by Crippen LogP contribution is -2.61. The highest BCUT2D eigenvalue weighted by Crippen LogP contribution is 2.42. The van der Waals surface area contributed by atoms with Gasteiger partial charge in [-0.2, -0.15) is 0 Å². The number of phenols is 1. The van der Waals surface area contributed by atoms with Crippen molar-refractivity contribution in [3.05, 3.63) is 71.5 Å². The minimum Gasteiger partial charge on any atom is -0.508 e. The van der Waals surface area contributed by atoms with Gasteiger partial charge in [-0.15, -0.1) is 0 Å². The van der Waals surface area contributed by atoms with Crippen LogP contribution in [0.3, 0.4) is 0 Å². The minimum atomic E-state index is -0.956. The molecule has 2 saturated heterocycles. The first kappa shape index (κ1) is 38.5. The lowest BCUT2D eigenvalue weighted by molar-refractivity contribution is -0.155. The van der Waals surface area contributed by atoms with E-state index in [0.29, 0.717) is 51.1 Å². The maximum atomic E-state index is 14.4. The Labute approximate surface area is 323 Å². The fourth-order valence-electron chi connectivity index (χ4n) is 8.66. The number of carbonyl (C=O) groups excluding carboxylic acids is 3. The summed E-state index contributed by atoms with van der Waals surface area (Å²) in [4.78, 5) is 48.7. The maximum absolute atomic E-state index is 14.4. The molecule has 2 aromatic carbocycles. The van der Waals surface area contributed by atoms with Crippen molar-refractivity contribution in [2.45, 2.75) is 91.1 Å². The highest BCUT2D eigenvalue weighted by molar-refractivity contribution is 5.96. The number of aromatic hydroxyl groups is 1. The molecule has 12 nitrogen and oxygen atoms in total. The quantitative estimate of drug-likeness (QED) is 0.171. The normalized spacial score (nSPS) is 24.1. The third-order valence-electron chi connectivity index (χ3n) is 11.7. The molecule has 0 spiro atoms. The molecule has 4 atom stereocenters. The molecule has 4 aromatic rings. The standard InChI is InChI=1S/C43H54N6O6/c1-8-48-37-14-13-28-21-32(37)33(38(48)31-11-9-15-44-36(31)23-54-7)22-42(4,5)25-55-40(52)34-12-10-16-49(46-34)39(51)35(19-27-17-29(28)20-30(50)18-27)45-41(53)43(26(2)3)24-47(43)6/h9,11,13-15,17-18,20-21,26,34-35,46,50H,8,10,12,16,19,22-25H2,1-7H3,(H,45,53)/t34-,35-,43-,47?/m0/s1. The largest absolute Gasteiger partial charge is 0.508 e. The second-order valence-corrected chi connectivity index (χ2v) is 16.5. The molecular weight excluding hydrogens is 697 g/mol. The Bertz CT molecular complexity index is 2130. The number of likely N-dealkylation sites (N-methyl/N-ethyl adjacent to an activating group) is 1. The number of nitrogens with zero attached hydrogens (tertiary/aromatic N) is 4. The van der Waals surface area contributed by atoms with Gasteiger partial charge in [0, 0.05) is 61.2 Å². The summed E-state index contributed by atoms with van der Waals surface area (Å²) >= 11 is 0. The van der Waals surface area contributed by atoms with Crippen LogP contribution in [0.1, 0.15) is 64.3 Å². The number of amides is 2. The summed E-state index contributed by atoms with van der Waals surface area (Å²) < 4.78 is 14.0. The molecule has 12 heteroatoms. The molecule has 6 bridgehead atoms. The van der Waals surface area contributed by atoms with E-state index in [1.54, 1.807) is 25.4 Å². The number of hydrogen-bond donors (Lipinski definition) is 3. The molecule has 0 radical (unpaired) electrons. The minimum absolute atomic E-state index is 0.0308. The van der Waals surface area contributed by atoms with Crippen molar-refractivity contribution in [2.24, 2.45) is 11.3 Å². The topological polar surface area (TPSA) is 138 Å². The Balaban J connectivity index is 1.38. The molecule has 292 valence electrons. The SMILES string of the molecule is CCn1c(-c2cccnc2COC)c2c3cc(ccc31)-c1cc(O)cc(c1)C[C@H](NC(=O)[C@@]1(C(C)C)CN1C)C(=O)N1CCC[C@H](N1)C(=O)OCC(C)(C)C2. The van der Waals surface area contributed by atoms with Gasteiger partial charge in [-0.25, -0.2) is 5.43 Å². The van der Waals surface area contributed by atoms with Crippen molar-refractivity contribution in [1.82, 2.24) is 30.2 Å². The summed E-state index contributed by atoms with van der Waals surface area (Å²) in [6.07, 6.45) is 3.61. The number of fused-ring (bicyclic) bond motifs is 6. The summed E-state index contributed by atoms with van der Waals surface area (Å²) in [6, 6.07) is 14.1. The van der Waals surface area contributed by atoms with E-state index in [9.17, 15) is 19.5 Å². The predicted octanol–water partition coefficient (Wildman–Crippen LogP) is 5.23. The molecule has 3 aliphatic heterocycles. The van der Waals surface area contributed by atoms with Crippen LogP contribution < -0.4 is 10.7 Å². The predicted molar refractivity (Wildman–Crippen MR) is 211 cm³/mol. The van der Waals surface area contributed by atoms with E-state index >= 15 is 0 Å². The number of hydrazine groups is 1. The molecule has 0 saturated carbocycles. The highest BCUT2D eigenvalue weighted by atomic mass is 16.5. The first-order valence-corrected chi connectivity index (χ1v) is 19.4. The molecular formula is C43H54N6O6. The Kier molecular flexibility index (Phi) is 10.5. The average Bonchev–Trinajstić information content (AvgIpc) is 3.78. The molecule has 0 aliphatic carbocycles. The third kappa shape index (κ3) is 7.35. The van der Waals surface area contributed by atoms with Crippen LogP contribution in [-0.2, 0) is 49.9 Å². The number of phenolic OH excluding ortho intramolecular Hbond substituents is 1. The first-order chi connectivity index (χ1) is 26.3. The van der Waals surface area contributed by atoms with Crippen LogP contribution in [0.25, 0.3) is 33.3 Å². The molecule has 1 unspecified atom stereocenters. The Morgan fingerprint density at radius 2 is 1.93 bits per heavy atom. The van der Waals surface area contributed by atoms with Crippen LogP contribution in [0.5, 0.6) is 5.75 Å². The Morgan fingerprint density at radius 1 is 1.15 bits per heavy atom. The number of aromatic nitrogens is 2. The molecule has 2 amide bonds. The first-order valence-electron chi connectivity index (χ1n) is 19.4. The lowest BCUT2D eigenvalue weighted by Gasteiger charge is -2.36. The number of ether oxygens (including phenoxy) is 2. The zero-order valence-electron chi connectivity index (χ0n) is 33.1. The van der Waals surface area contributed by atoms with Gasteiger partial charge in [0.25, 0.3) is 5.91 Å². The van der Waals surface area contributed by atoms with E-state index in [0.717, 1.165) is 44.5 Å². The number of rotatable bonds is 7. The summed E-state index contributed by atoms with van der Waals surface area (Å²) in [5.74, 6) is -0.883. The van der Waals surface area contributed by atoms with Crippen molar-refractivity contribution >= 4 is 28.7 Å². The van der Waals surface area contributed by atoms with Crippen molar-refractivity contribution in [3.8, 4) is 28.1 Å². The second-order valence-electron chi connectivity index (χ2n) is 16.5. The van der Waals surface area contributed by atoms with Crippen molar-refractivity contribution < 1.29 is 29.0 Å². The van der Waals surface area contributed by atoms with Gasteiger partial charge in [0.15, 0.2) is 0 Å². The van der Waals surface area contributed by atoms with Gasteiger partial charge in [0.2, 0.25) is 5.91 Å². The molecule has 2 fully saturated rings.